The van der Waals surface area contributed by atoms with Crippen LogP contribution < -0.4 is 10.1 Å². The molecule has 2 aromatic rings. The number of amides is 1. The molecule has 0 aliphatic rings. The molecule has 1 heterocycles. The average Bonchev–Trinajstić information content (AvgIpc) is 3.09. The molecular formula is C17H24N4O3. The van der Waals surface area contributed by atoms with E-state index in [1.165, 1.54) is 0 Å². The second-order valence-corrected chi connectivity index (χ2v) is 5.37. The first kappa shape index (κ1) is 17.9. The smallest absolute Gasteiger partial charge is 0.247 e. The zero-order valence-corrected chi connectivity index (χ0v) is 14.6. The van der Waals surface area contributed by atoms with Crippen molar-refractivity contribution in [3.63, 3.8) is 0 Å². The topological polar surface area (TPSA) is 80.5 Å². The molecule has 0 aliphatic heterocycles. The number of ether oxygens (including phenoxy) is 1. The summed E-state index contributed by atoms with van der Waals surface area (Å²) >= 11 is 0. The van der Waals surface area contributed by atoms with Crippen LogP contribution in [0.2, 0.25) is 0 Å². The highest BCUT2D eigenvalue weighted by atomic mass is 16.5. The number of methoxy groups -OCH3 is 1. The third kappa shape index (κ3) is 4.32. The van der Waals surface area contributed by atoms with Gasteiger partial charge in [-0.05, 0) is 44.7 Å². The Bertz CT molecular complexity index is 654. The lowest BCUT2D eigenvalue weighted by atomic mass is 10.2. The number of likely N-dealkylation sites (N-methyl/N-ethyl adjacent to an activating group) is 2. The molecule has 7 heteroatoms. The second-order valence-electron chi connectivity index (χ2n) is 5.37. The number of hydrogen-bond acceptors (Lipinski definition) is 6. The van der Waals surface area contributed by atoms with Crippen molar-refractivity contribution in [1.82, 2.24) is 20.4 Å². The van der Waals surface area contributed by atoms with Crippen LogP contribution in [-0.4, -0.2) is 47.7 Å². The van der Waals surface area contributed by atoms with Gasteiger partial charge in [0.25, 0.3) is 0 Å². The van der Waals surface area contributed by atoms with E-state index in [0.717, 1.165) is 11.3 Å². The van der Waals surface area contributed by atoms with Crippen LogP contribution in [0.4, 0.5) is 0 Å². The minimum Gasteiger partial charge on any atom is -0.497 e. The molecule has 1 N–H and O–H groups in total. The lowest BCUT2D eigenvalue weighted by Gasteiger charge is -2.24. The predicted molar refractivity (Wildman–Crippen MR) is 90.6 cm³/mol. The maximum Gasteiger partial charge on any atom is 0.247 e. The maximum absolute atomic E-state index is 11.8. The summed E-state index contributed by atoms with van der Waals surface area (Å²) in [7, 11) is 1.62. The van der Waals surface area contributed by atoms with E-state index in [1.807, 2.05) is 49.9 Å². The molecule has 130 valence electrons. The van der Waals surface area contributed by atoms with E-state index in [4.69, 9.17) is 9.15 Å². The lowest BCUT2D eigenvalue weighted by Crippen LogP contribution is -2.38. The highest BCUT2D eigenvalue weighted by Crippen LogP contribution is 2.25. The molecule has 2 rings (SSSR count). The molecule has 0 fully saturated rings. The van der Waals surface area contributed by atoms with Crippen molar-refractivity contribution in [2.75, 3.05) is 26.7 Å². The predicted octanol–water partition coefficient (Wildman–Crippen LogP) is 2.26. The van der Waals surface area contributed by atoms with Crippen molar-refractivity contribution >= 4 is 5.91 Å². The molecule has 0 bridgehead atoms. The Morgan fingerprint density at radius 3 is 2.58 bits per heavy atom. The number of carbonyl (C=O) groups excluding carboxylic acids is 1. The summed E-state index contributed by atoms with van der Waals surface area (Å²) in [5.74, 6) is 1.70. The van der Waals surface area contributed by atoms with Gasteiger partial charge in [0.15, 0.2) is 0 Å². The molecule has 1 aromatic carbocycles. The third-order valence-electron chi connectivity index (χ3n) is 3.81. The van der Waals surface area contributed by atoms with Gasteiger partial charge >= 0.3 is 0 Å². The van der Waals surface area contributed by atoms with Crippen LogP contribution in [0.5, 0.6) is 5.75 Å². The standard InChI is InChI=1S/C17H24N4O3/c1-5-18-15(22)11-21(6-2)12(3)16-19-20-17(24-16)13-7-9-14(23-4)10-8-13/h7-10,12H,5-6,11H2,1-4H3,(H,18,22)/t12-/m0/s1. The lowest BCUT2D eigenvalue weighted by molar-refractivity contribution is -0.122. The average molecular weight is 332 g/mol. The molecule has 0 spiro atoms. The number of hydrogen-bond donors (Lipinski definition) is 1. The van der Waals surface area contributed by atoms with Gasteiger partial charge in [0.2, 0.25) is 17.7 Å². The minimum atomic E-state index is -0.142. The van der Waals surface area contributed by atoms with E-state index >= 15 is 0 Å². The fraction of sp³-hybridized carbons (Fsp3) is 0.471. The molecule has 0 unspecified atom stereocenters. The van der Waals surface area contributed by atoms with Crippen LogP contribution in [0.15, 0.2) is 28.7 Å². The number of nitrogens with one attached hydrogen (secondary N) is 1. The highest BCUT2D eigenvalue weighted by Gasteiger charge is 2.22. The molecule has 0 saturated heterocycles. The van der Waals surface area contributed by atoms with Crippen LogP contribution in [0.3, 0.4) is 0 Å². The number of aromatic nitrogens is 2. The summed E-state index contributed by atoms with van der Waals surface area (Å²) in [4.78, 5) is 13.8. The Kier molecular flexibility index (Phi) is 6.31. The van der Waals surface area contributed by atoms with E-state index in [1.54, 1.807) is 7.11 Å². The van der Waals surface area contributed by atoms with Gasteiger partial charge in [-0.15, -0.1) is 10.2 Å². The number of nitrogens with zero attached hydrogens (tertiary/aromatic N) is 3. The van der Waals surface area contributed by atoms with Gasteiger partial charge in [-0.3, -0.25) is 9.69 Å². The molecule has 1 atom stereocenters. The SMILES string of the molecule is CCNC(=O)CN(CC)[C@@H](C)c1nnc(-c2ccc(OC)cc2)o1. The Morgan fingerprint density at radius 1 is 1.29 bits per heavy atom. The Balaban J connectivity index is 2.10. The number of benzene rings is 1. The van der Waals surface area contributed by atoms with E-state index < -0.39 is 0 Å². The van der Waals surface area contributed by atoms with E-state index in [0.29, 0.717) is 31.4 Å². The van der Waals surface area contributed by atoms with Crippen molar-refractivity contribution in [2.45, 2.75) is 26.8 Å². The van der Waals surface area contributed by atoms with Gasteiger partial charge in [-0.2, -0.15) is 0 Å². The Hall–Kier alpha value is -2.41. The Labute approximate surface area is 142 Å². The zero-order chi connectivity index (χ0) is 17.5. The van der Waals surface area contributed by atoms with Gasteiger partial charge in [0.05, 0.1) is 19.7 Å². The quantitative estimate of drug-likeness (QED) is 0.799. The van der Waals surface area contributed by atoms with Crippen LogP contribution in [0.1, 0.15) is 32.7 Å². The van der Waals surface area contributed by atoms with Gasteiger partial charge in [0, 0.05) is 12.1 Å². The fourth-order valence-electron chi connectivity index (χ4n) is 2.37. The molecule has 1 aromatic heterocycles. The summed E-state index contributed by atoms with van der Waals surface area (Å²) in [5, 5.41) is 11.0. The van der Waals surface area contributed by atoms with Crippen molar-refractivity contribution in [1.29, 1.82) is 0 Å². The normalized spacial score (nSPS) is 12.2. The summed E-state index contributed by atoms with van der Waals surface area (Å²) < 4.78 is 10.9. The van der Waals surface area contributed by atoms with Crippen LogP contribution in [0.25, 0.3) is 11.5 Å². The van der Waals surface area contributed by atoms with Crippen LogP contribution >= 0.6 is 0 Å². The molecule has 0 radical (unpaired) electrons. The largest absolute Gasteiger partial charge is 0.497 e. The molecule has 7 nitrogen and oxygen atoms in total. The second kappa shape index (κ2) is 8.44. The zero-order valence-electron chi connectivity index (χ0n) is 14.6. The summed E-state index contributed by atoms with van der Waals surface area (Å²) in [6.07, 6.45) is 0. The molecule has 0 aliphatic carbocycles. The van der Waals surface area contributed by atoms with Crippen LogP contribution in [0, 0.1) is 0 Å². The fourth-order valence-corrected chi connectivity index (χ4v) is 2.37. The van der Waals surface area contributed by atoms with Gasteiger partial charge in [0.1, 0.15) is 5.75 Å². The van der Waals surface area contributed by atoms with Crippen molar-refractivity contribution in [2.24, 2.45) is 0 Å². The molecule has 0 saturated carbocycles. The van der Waals surface area contributed by atoms with Gasteiger partial charge in [-0.1, -0.05) is 6.92 Å². The first-order valence-electron chi connectivity index (χ1n) is 8.07. The molecule has 24 heavy (non-hydrogen) atoms. The molecule has 1 amide bonds. The summed E-state index contributed by atoms with van der Waals surface area (Å²) in [6.45, 7) is 7.47. The summed E-state index contributed by atoms with van der Waals surface area (Å²) in [5.41, 5.74) is 0.827. The van der Waals surface area contributed by atoms with Crippen molar-refractivity contribution < 1.29 is 13.9 Å². The first-order chi connectivity index (χ1) is 11.6. The van der Waals surface area contributed by atoms with E-state index in [9.17, 15) is 4.79 Å². The van der Waals surface area contributed by atoms with Gasteiger partial charge < -0.3 is 14.5 Å². The minimum absolute atomic E-state index is 0.0129. The number of carbonyl (C=O) groups is 1. The van der Waals surface area contributed by atoms with Gasteiger partial charge in [-0.25, -0.2) is 0 Å². The first-order valence-corrected chi connectivity index (χ1v) is 8.07. The van der Waals surface area contributed by atoms with E-state index in [2.05, 4.69) is 15.5 Å². The summed E-state index contributed by atoms with van der Waals surface area (Å²) in [6, 6.07) is 7.28. The number of rotatable bonds is 8. The Morgan fingerprint density at radius 2 is 2.00 bits per heavy atom. The maximum atomic E-state index is 11.8. The van der Waals surface area contributed by atoms with Crippen LogP contribution in [-0.2, 0) is 4.79 Å². The van der Waals surface area contributed by atoms with E-state index in [-0.39, 0.29) is 11.9 Å². The highest BCUT2D eigenvalue weighted by molar-refractivity contribution is 5.77. The monoisotopic (exact) mass is 332 g/mol. The van der Waals surface area contributed by atoms with Crippen molar-refractivity contribution in [3.05, 3.63) is 30.2 Å². The third-order valence-corrected chi connectivity index (χ3v) is 3.81. The molecular weight excluding hydrogens is 308 g/mol. The van der Waals surface area contributed by atoms with Crippen molar-refractivity contribution in [3.8, 4) is 17.2 Å².